The first kappa shape index (κ1) is 16.2. The molecule has 0 aliphatic heterocycles. The normalized spacial score (nSPS) is 12.0. The number of benzene rings is 1. The second-order valence-corrected chi connectivity index (χ2v) is 5.01. The highest BCUT2D eigenvalue weighted by Gasteiger charge is 2.15. The number of aryl methyl sites for hydroxylation is 1. The van der Waals surface area contributed by atoms with E-state index in [-0.39, 0.29) is 11.5 Å². The Bertz CT molecular complexity index is 512. The summed E-state index contributed by atoms with van der Waals surface area (Å²) in [7, 11) is 0. The highest BCUT2D eigenvalue weighted by atomic mass is 16.4. The van der Waals surface area contributed by atoms with Crippen LogP contribution in [0.5, 0.6) is 0 Å². The van der Waals surface area contributed by atoms with Gasteiger partial charge in [-0.2, -0.15) is 0 Å². The number of carbonyl (C=O) groups excluding carboxylic acids is 1. The predicted molar refractivity (Wildman–Crippen MR) is 79.0 cm³/mol. The summed E-state index contributed by atoms with van der Waals surface area (Å²) in [6.07, 6.45) is 2.49. The van der Waals surface area contributed by atoms with E-state index in [1.54, 1.807) is 13.0 Å². The molecule has 0 radical (unpaired) electrons. The first-order valence-electron chi connectivity index (χ1n) is 6.77. The Morgan fingerprint density at radius 1 is 1.35 bits per heavy atom. The Balaban J connectivity index is 2.88. The number of carboxylic acid groups (broad SMARTS) is 1. The smallest absolute Gasteiger partial charge is 0.336 e. The first-order valence-corrected chi connectivity index (χ1v) is 6.77. The summed E-state index contributed by atoms with van der Waals surface area (Å²) in [5.41, 5.74) is 7.98. The molecule has 5 heteroatoms. The lowest BCUT2D eigenvalue weighted by Gasteiger charge is -2.14. The molecule has 1 atom stereocenters. The second kappa shape index (κ2) is 7.05. The fourth-order valence-electron chi connectivity index (χ4n) is 1.94. The fraction of sp³-hybridized carbons (Fsp3) is 0.467. The van der Waals surface area contributed by atoms with Crippen LogP contribution in [-0.2, 0) is 4.79 Å². The molecule has 0 aliphatic rings. The van der Waals surface area contributed by atoms with Gasteiger partial charge >= 0.3 is 5.97 Å². The number of nitrogens with two attached hydrogens (primary N) is 1. The van der Waals surface area contributed by atoms with Gasteiger partial charge in [-0.3, -0.25) is 4.79 Å². The number of rotatable bonds is 6. The van der Waals surface area contributed by atoms with E-state index in [4.69, 9.17) is 10.8 Å². The highest BCUT2D eigenvalue weighted by Crippen LogP contribution is 2.20. The zero-order chi connectivity index (χ0) is 15.3. The van der Waals surface area contributed by atoms with E-state index in [0.29, 0.717) is 17.7 Å². The number of carboxylic acids is 1. The van der Waals surface area contributed by atoms with Crippen LogP contribution in [0.1, 0.15) is 47.7 Å². The van der Waals surface area contributed by atoms with Crippen LogP contribution in [0.2, 0.25) is 0 Å². The largest absolute Gasteiger partial charge is 0.478 e. The quantitative estimate of drug-likeness (QED) is 0.745. The van der Waals surface area contributed by atoms with Crippen molar-refractivity contribution in [2.75, 3.05) is 5.32 Å². The maximum absolute atomic E-state index is 11.9. The molecule has 0 saturated carbocycles. The van der Waals surface area contributed by atoms with Crippen molar-refractivity contribution >= 4 is 17.6 Å². The maximum Gasteiger partial charge on any atom is 0.336 e. The Kier molecular flexibility index (Phi) is 5.70. The fourth-order valence-corrected chi connectivity index (χ4v) is 1.94. The zero-order valence-corrected chi connectivity index (χ0v) is 12.2. The number of anilines is 1. The average molecular weight is 278 g/mol. The molecule has 0 bridgehead atoms. The van der Waals surface area contributed by atoms with Gasteiger partial charge in [0.1, 0.15) is 0 Å². The van der Waals surface area contributed by atoms with E-state index >= 15 is 0 Å². The molecule has 0 saturated heterocycles. The molecule has 0 unspecified atom stereocenters. The van der Waals surface area contributed by atoms with E-state index in [9.17, 15) is 9.59 Å². The summed E-state index contributed by atoms with van der Waals surface area (Å²) in [4.78, 5) is 23.1. The van der Waals surface area contributed by atoms with Crippen molar-refractivity contribution in [3.05, 3.63) is 28.8 Å². The third kappa shape index (κ3) is 4.06. The van der Waals surface area contributed by atoms with Crippen molar-refractivity contribution in [2.24, 2.45) is 5.73 Å². The van der Waals surface area contributed by atoms with Crippen LogP contribution < -0.4 is 11.1 Å². The molecule has 1 amide bonds. The van der Waals surface area contributed by atoms with Crippen molar-refractivity contribution in [1.29, 1.82) is 0 Å². The number of carbonyl (C=O) groups is 2. The number of nitrogens with one attached hydrogen (secondary N) is 1. The molecule has 5 nitrogen and oxygen atoms in total. The first-order chi connectivity index (χ1) is 9.36. The van der Waals surface area contributed by atoms with Crippen molar-refractivity contribution in [2.45, 2.75) is 46.1 Å². The van der Waals surface area contributed by atoms with Crippen molar-refractivity contribution in [3.8, 4) is 0 Å². The topological polar surface area (TPSA) is 92.4 Å². The van der Waals surface area contributed by atoms with E-state index in [2.05, 4.69) is 5.32 Å². The standard InChI is InChI=1S/C15H22N2O3/c1-4-5-6-13(16)14(18)17-11-7-9(2)10(3)12(8-11)15(19)20/h7-8,13H,4-6,16H2,1-3H3,(H,17,18)(H,19,20)/t13-/m0/s1. The highest BCUT2D eigenvalue weighted by molar-refractivity contribution is 5.97. The van der Waals surface area contributed by atoms with Gasteiger partial charge in [0, 0.05) is 5.69 Å². The summed E-state index contributed by atoms with van der Waals surface area (Å²) in [5, 5.41) is 11.8. The maximum atomic E-state index is 11.9. The van der Waals surface area contributed by atoms with Gasteiger partial charge in [0.05, 0.1) is 11.6 Å². The molecule has 0 spiro atoms. The van der Waals surface area contributed by atoms with E-state index < -0.39 is 12.0 Å². The average Bonchev–Trinajstić information content (AvgIpc) is 2.39. The summed E-state index contributed by atoms with van der Waals surface area (Å²) in [5.74, 6) is -1.28. The molecule has 4 N–H and O–H groups in total. The van der Waals surface area contributed by atoms with Crippen LogP contribution in [0.3, 0.4) is 0 Å². The van der Waals surface area contributed by atoms with Crippen LogP contribution >= 0.6 is 0 Å². The SMILES string of the molecule is CCCC[C@H](N)C(=O)Nc1cc(C)c(C)c(C(=O)O)c1. The van der Waals surface area contributed by atoms with E-state index in [1.807, 2.05) is 13.8 Å². The Hall–Kier alpha value is -1.88. The Morgan fingerprint density at radius 3 is 2.55 bits per heavy atom. The van der Waals surface area contributed by atoms with Gasteiger partial charge in [-0.05, 0) is 43.5 Å². The van der Waals surface area contributed by atoms with Gasteiger partial charge in [0.15, 0.2) is 0 Å². The number of hydrogen-bond donors (Lipinski definition) is 3. The molecule has 110 valence electrons. The minimum atomic E-state index is -1.00. The molecule has 1 rings (SSSR count). The summed E-state index contributed by atoms with van der Waals surface area (Å²) in [6, 6.07) is 2.66. The minimum absolute atomic E-state index is 0.197. The second-order valence-electron chi connectivity index (χ2n) is 5.01. The Morgan fingerprint density at radius 2 is 2.00 bits per heavy atom. The minimum Gasteiger partial charge on any atom is -0.478 e. The lowest BCUT2D eigenvalue weighted by molar-refractivity contribution is -0.117. The number of amides is 1. The third-order valence-electron chi connectivity index (χ3n) is 3.37. The molecule has 0 fully saturated rings. The number of unbranched alkanes of at least 4 members (excludes halogenated alkanes) is 1. The lowest BCUT2D eigenvalue weighted by Crippen LogP contribution is -2.35. The van der Waals surface area contributed by atoms with Gasteiger partial charge in [0.25, 0.3) is 0 Å². The monoisotopic (exact) mass is 278 g/mol. The van der Waals surface area contributed by atoms with Gasteiger partial charge in [-0.15, -0.1) is 0 Å². The molecular formula is C15H22N2O3. The number of aromatic carboxylic acids is 1. The van der Waals surface area contributed by atoms with Gasteiger partial charge in [-0.1, -0.05) is 19.8 Å². The van der Waals surface area contributed by atoms with Gasteiger partial charge in [0.2, 0.25) is 5.91 Å². The molecular weight excluding hydrogens is 256 g/mol. The molecule has 20 heavy (non-hydrogen) atoms. The summed E-state index contributed by atoms with van der Waals surface area (Å²) < 4.78 is 0. The molecule has 0 heterocycles. The van der Waals surface area contributed by atoms with Gasteiger partial charge < -0.3 is 16.2 Å². The lowest BCUT2D eigenvalue weighted by atomic mass is 10.0. The molecule has 1 aromatic carbocycles. The van der Waals surface area contributed by atoms with Crippen LogP contribution in [-0.4, -0.2) is 23.0 Å². The summed E-state index contributed by atoms with van der Waals surface area (Å²) >= 11 is 0. The zero-order valence-electron chi connectivity index (χ0n) is 12.2. The van der Waals surface area contributed by atoms with Crippen molar-refractivity contribution < 1.29 is 14.7 Å². The van der Waals surface area contributed by atoms with Crippen molar-refractivity contribution in [3.63, 3.8) is 0 Å². The number of hydrogen-bond acceptors (Lipinski definition) is 3. The van der Waals surface area contributed by atoms with Crippen LogP contribution in [0.25, 0.3) is 0 Å². The summed E-state index contributed by atoms with van der Waals surface area (Å²) in [6.45, 7) is 5.60. The molecule has 1 aromatic rings. The van der Waals surface area contributed by atoms with E-state index in [0.717, 1.165) is 18.4 Å². The van der Waals surface area contributed by atoms with Crippen LogP contribution in [0.15, 0.2) is 12.1 Å². The molecule has 0 aliphatic carbocycles. The molecule has 0 aromatic heterocycles. The van der Waals surface area contributed by atoms with Gasteiger partial charge in [-0.25, -0.2) is 4.79 Å². The Labute approximate surface area is 119 Å². The van der Waals surface area contributed by atoms with Crippen molar-refractivity contribution in [1.82, 2.24) is 0 Å². The predicted octanol–water partition coefficient (Wildman–Crippen LogP) is 2.46. The third-order valence-corrected chi connectivity index (χ3v) is 3.37. The van der Waals surface area contributed by atoms with Crippen LogP contribution in [0, 0.1) is 13.8 Å². The van der Waals surface area contributed by atoms with Crippen LogP contribution in [0.4, 0.5) is 5.69 Å². The van der Waals surface area contributed by atoms with E-state index in [1.165, 1.54) is 6.07 Å².